The van der Waals surface area contributed by atoms with Crippen LogP contribution in [0.4, 0.5) is 0 Å². The zero-order valence-corrected chi connectivity index (χ0v) is 13.5. The molecule has 1 atom stereocenters. The van der Waals surface area contributed by atoms with E-state index in [1.807, 2.05) is 0 Å². The van der Waals surface area contributed by atoms with Gasteiger partial charge in [-0.15, -0.1) is 0 Å². The first-order chi connectivity index (χ1) is 8.04. The third-order valence-electron chi connectivity index (χ3n) is 4.43. The van der Waals surface area contributed by atoms with Crippen LogP contribution in [0.3, 0.4) is 0 Å². The summed E-state index contributed by atoms with van der Waals surface area (Å²) in [4.78, 5) is 0. The molecule has 0 spiro atoms. The molecule has 0 amide bonds. The van der Waals surface area contributed by atoms with Gasteiger partial charge in [-0.25, -0.2) is 9.13 Å². The first-order valence-electron chi connectivity index (χ1n) is 7.07. The Balaban J connectivity index is 3.02. The molecule has 1 unspecified atom stereocenters. The minimum Gasteiger partial charge on any atom is -0.240 e. The molecule has 0 aliphatic heterocycles. The lowest BCUT2D eigenvalue weighted by atomic mass is 9.71. The Morgan fingerprint density at radius 3 is 2.00 bits per heavy atom. The average molecular weight is 251 g/mol. The molecule has 0 saturated heterocycles. The normalized spacial score (nSPS) is 15.2. The summed E-state index contributed by atoms with van der Waals surface area (Å²) >= 11 is 0. The molecule has 1 aromatic heterocycles. The highest BCUT2D eigenvalue weighted by atomic mass is 15.1. The summed E-state index contributed by atoms with van der Waals surface area (Å²) in [5.41, 5.74) is 0.638. The fourth-order valence-corrected chi connectivity index (χ4v) is 2.25. The van der Waals surface area contributed by atoms with Gasteiger partial charge in [0.25, 0.3) is 0 Å². The van der Waals surface area contributed by atoms with Crippen molar-refractivity contribution in [2.45, 2.75) is 60.9 Å². The van der Waals surface area contributed by atoms with Crippen LogP contribution in [0.5, 0.6) is 0 Å². The zero-order chi connectivity index (χ0) is 14.1. The second-order valence-corrected chi connectivity index (χ2v) is 7.76. The van der Waals surface area contributed by atoms with Crippen LogP contribution in [-0.4, -0.2) is 4.57 Å². The van der Waals surface area contributed by atoms with E-state index in [9.17, 15) is 0 Å². The molecule has 1 rings (SSSR count). The van der Waals surface area contributed by atoms with Crippen LogP contribution in [0.15, 0.2) is 18.7 Å². The molecule has 1 aromatic rings. The van der Waals surface area contributed by atoms with Gasteiger partial charge < -0.3 is 0 Å². The van der Waals surface area contributed by atoms with Crippen molar-refractivity contribution in [1.82, 2.24) is 4.57 Å². The van der Waals surface area contributed by atoms with Gasteiger partial charge in [-0.1, -0.05) is 48.5 Å². The smallest absolute Gasteiger partial charge is 0.240 e. The summed E-state index contributed by atoms with van der Waals surface area (Å²) in [7, 11) is 2.09. The average Bonchev–Trinajstić information content (AvgIpc) is 2.59. The summed E-state index contributed by atoms with van der Waals surface area (Å²) in [5, 5.41) is 0. The van der Waals surface area contributed by atoms with Crippen molar-refractivity contribution in [3.8, 4) is 0 Å². The number of imidazole rings is 1. The predicted octanol–water partition coefficient (Wildman–Crippen LogP) is 3.97. The maximum Gasteiger partial charge on any atom is 0.243 e. The molecule has 2 nitrogen and oxygen atoms in total. The summed E-state index contributed by atoms with van der Waals surface area (Å²) in [5.74, 6) is 0.701. The van der Waals surface area contributed by atoms with Gasteiger partial charge in [-0.2, -0.15) is 0 Å². The van der Waals surface area contributed by atoms with Crippen molar-refractivity contribution in [3.05, 3.63) is 18.7 Å². The molecular weight excluding hydrogens is 220 g/mol. The van der Waals surface area contributed by atoms with E-state index in [1.165, 1.54) is 6.42 Å². The van der Waals surface area contributed by atoms with E-state index < -0.39 is 0 Å². The molecule has 1 heterocycles. The minimum atomic E-state index is 0.276. The fourth-order valence-electron chi connectivity index (χ4n) is 2.25. The molecule has 104 valence electrons. The van der Waals surface area contributed by atoms with Crippen molar-refractivity contribution in [3.63, 3.8) is 0 Å². The number of hydrogen-bond donors (Lipinski definition) is 0. The number of aromatic nitrogens is 2. The van der Waals surface area contributed by atoms with Crippen LogP contribution >= 0.6 is 0 Å². The molecule has 0 radical (unpaired) electrons. The standard InChI is InChI=1S/C16H31N2/c1-13(2)16(6,7)11-14(15(3,4)5)18-10-9-17(8)12-18/h9-10,12-14H,11H2,1-8H3/q+1. The van der Waals surface area contributed by atoms with Crippen molar-refractivity contribution < 1.29 is 4.57 Å². The molecule has 0 aliphatic carbocycles. The van der Waals surface area contributed by atoms with Gasteiger partial charge in [0.1, 0.15) is 18.4 Å². The first-order valence-corrected chi connectivity index (χ1v) is 7.07. The second-order valence-electron chi connectivity index (χ2n) is 7.76. The van der Waals surface area contributed by atoms with Crippen LogP contribution in [0, 0.1) is 16.7 Å². The van der Waals surface area contributed by atoms with Gasteiger partial charge in [0.05, 0.1) is 7.05 Å². The maximum absolute atomic E-state index is 2.39. The topological polar surface area (TPSA) is 8.81 Å². The lowest BCUT2D eigenvalue weighted by molar-refractivity contribution is -0.671. The largest absolute Gasteiger partial charge is 0.243 e. The lowest BCUT2D eigenvalue weighted by Gasteiger charge is -2.37. The van der Waals surface area contributed by atoms with Crippen LogP contribution < -0.4 is 4.57 Å². The third-order valence-corrected chi connectivity index (χ3v) is 4.43. The Morgan fingerprint density at radius 1 is 1.11 bits per heavy atom. The third kappa shape index (κ3) is 3.60. The van der Waals surface area contributed by atoms with Gasteiger partial charge in [-0.05, 0) is 17.8 Å². The highest BCUT2D eigenvalue weighted by Gasteiger charge is 2.36. The molecule has 0 aromatic carbocycles. The SMILES string of the molecule is CC(C)C(C)(C)CC(n1cc[n+](C)c1)C(C)(C)C. The number of rotatable bonds is 4. The van der Waals surface area contributed by atoms with E-state index >= 15 is 0 Å². The van der Waals surface area contributed by atoms with Gasteiger partial charge >= 0.3 is 0 Å². The minimum absolute atomic E-state index is 0.276. The van der Waals surface area contributed by atoms with Crippen molar-refractivity contribution in [1.29, 1.82) is 0 Å². The number of hydrogen-bond acceptors (Lipinski definition) is 0. The van der Waals surface area contributed by atoms with Gasteiger partial charge in [0.15, 0.2) is 0 Å². The van der Waals surface area contributed by atoms with E-state index in [2.05, 4.69) is 83.4 Å². The molecule has 0 saturated carbocycles. The summed E-state index contributed by atoms with van der Waals surface area (Å²) in [6.45, 7) is 16.5. The predicted molar refractivity (Wildman–Crippen MR) is 77.3 cm³/mol. The Labute approximate surface area is 113 Å². The first kappa shape index (κ1) is 15.3. The Hall–Kier alpha value is -0.790. The van der Waals surface area contributed by atoms with E-state index in [0.29, 0.717) is 17.4 Å². The molecule has 0 bridgehead atoms. The molecule has 18 heavy (non-hydrogen) atoms. The quantitative estimate of drug-likeness (QED) is 0.716. The number of aryl methyl sites for hydroxylation is 1. The fraction of sp³-hybridized carbons (Fsp3) is 0.812. The van der Waals surface area contributed by atoms with Crippen molar-refractivity contribution >= 4 is 0 Å². The van der Waals surface area contributed by atoms with Gasteiger partial charge in [0, 0.05) is 5.41 Å². The molecule has 0 aliphatic rings. The molecule has 0 N–H and O–H groups in total. The second kappa shape index (κ2) is 5.07. The summed E-state index contributed by atoms with van der Waals surface area (Å²) < 4.78 is 4.51. The highest BCUT2D eigenvalue weighted by Crippen LogP contribution is 2.42. The van der Waals surface area contributed by atoms with E-state index in [0.717, 1.165) is 0 Å². The van der Waals surface area contributed by atoms with Gasteiger partial charge in [0.2, 0.25) is 6.33 Å². The van der Waals surface area contributed by atoms with Crippen LogP contribution in [0.2, 0.25) is 0 Å². The van der Waals surface area contributed by atoms with Crippen molar-refractivity contribution in [2.24, 2.45) is 23.8 Å². The zero-order valence-electron chi connectivity index (χ0n) is 13.5. The summed E-state index contributed by atoms with van der Waals surface area (Å²) in [6, 6.07) is 0.538. The highest BCUT2D eigenvalue weighted by molar-refractivity contribution is 4.88. The van der Waals surface area contributed by atoms with E-state index in [-0.39, 0.29) is 5.41 Å². The molecule has 0 fully saturated rings. The molecule has 2 heteroatoms. The Morgan fingerprint density at radius 2 is 1.67 bits per heavy atom. The van der Waals surface area contributed by atoms with Gasteiger partial charge in [-0.3, -0.25) is 0 Å². The van der Waals surface area contributed by atoms with E-state index in [1.54, 1.807) is 0 Å². The Kier molecular flexibility index (Phi) is 4.30. The maximum atomic E-state index is 2.39. The lowest BCUT2D eigenvalue weighted by Crippen LogP contribution is -2.33. The Bertz CT molecular complexity index is 380. The van der Waals surface area contributed by atoms with Crippen LogP contribution in [-0.2, 0) is 7.05 Å². The van der Waals surface area contributed by atoms with Crippen LogP contribution in [0.1, 0.15) is 60.9 Å². The monoisotopic (exact) mass is 251 g/mol. The van der Waals surface area contributed by atoms with E-state index in [4.69, 9.17) is 0 Å². The summed E-state index contributed by atoms with van der Waals surface area (Å²) in [6.07, 6.45) is 7.74. The molecular formula is C16H31N2+. The van der Waals surface area contributed by atoms with Crippen LogP contribution in [0.25, 0.3) is 0 Å². The van der Waals surface area contributed by atoms with Crippen molar-refractivity contribution in [2.75, 3.05) is 0 Å². The number of nitrogens with zero attached hydrogens (tertiary/aromatic N) is 2.